The molecule has 1 heterocycles. The lowest BCUT2D eigenvalue weighted by Crippen LogP contribution is -2.16. The van der Waals surface area contributed by atoms with Gasteiger partial charge < -0.3 is 5.11 Å². The van der Waals surface area contributed by atoms with Gasteiger partial charge in [0.1, 0.15) is 11.1 Å². The first kappa shape index (κ1) is 12.0. The average molecular weight is 229 g/mol. The zero-order valence-electron chi connectivity index (χ0n) is 8.86. The van der Waals surface area contributed by atoms with Crippen LogP contribution in [0.25, 0.3) is 0 Å². The largest absolute Gasteiger partial charge is 0.480 e. The quantitative estimate of drug-likeness (QED) is 0.728. The lowest BCUT2D eigenvalue weighted by atomic mass is 10.2. The molecule has 0 bridgehead atoms. The number of nitrogens with zero attached hydrogens (tertiary/aromatic N) is 2. The third kappa shape index (κ3) is 3.91. The van der Waals surface area contributed by atoms with E-state index >= 15 is 0 Å². The Morgan fingerprint density at radius 1 is 1.67 bits per heavy atom. The fourth-order valence-corrected chi connectivity index (χ4v) is 2.05. The second kappa shape index (κ2) is 5.75. The minimum Gasteiger partial charge on any atom is -0.480 e. The molecule has 1 rings (SSSR count). The summed E-state index contributed by atoms with van der Waals surface area (Å²) in [7, 11) is 0. The Hall–Kier alpha value is -1.04. The number of hydrogen-bond donors (Lipinski definition) is 2. The molecule has 0 aromatic carbocycles. The standard InChI is InChI=1S/C9H15N3O2S/c1-3-4-5-7(8(13)14)15-9-10-6(2)11-12-9/h7H,3-5H2,1-2H3,(H,13,14)(H,10,11,12). The number of aryl methyl sites for hydroxylation is 1. The van der Waals surface area contributed by atoms with E-state index < -0.39 is 11.2 Å². The van der Waals surface area contributed by atoms with Crippen LogP contribution < -0.4 is 0 Å². The van der Waals surface area contributed by atoms with Gasteiger partial charge in [-0.1, -0.05) is 31.5 Å². The Morgan fingerprint density at radius 3 is 2.87 bits per heavy atom. The summed E-state index contributed by atoms with van der Waals surface area (Å²) in [5, 5.41) is 15.7. The molecule has 2 N–H and O–H groups in total. The van der Waals surface area contributed by atoms with Gasteiger partial charge in [-0.15, -0.1) is 5.10 Å². The summed E-state index contributed by atoms with van der Waals surface area (Å²) in [6, 6.07) is 0. The van der Waals surface area contributed by atoms with E-state index in [-0.39, 0.29) is 0 Å². The number of carbonyl (C=O) groups is 1. The van der Waals surface area contributed by atoms with Gasteiger partial charge in [0.2, 0.25) is 5.16 Å². The van der Waals surface area contributed by atoms with Crippen LogP contribution in [0.2, 0.25) is 0 Å². The van der Waals surface area contributed by atoms with E-state index in [1.807, 2.05) is 6.92 Å². The molecule has 5 nitrogen and oxygen atoms in total. The predicted octanol–water partition coefficient (Wildman–Crippen LogP) is 1.85. The molecule has 0 aliphatic carbocycles. The smallest absolute Gasteiger partial charge is 0.317 e. The molecule has 1 unspecified atom stereocenters. The number of aliphatic carboxylic acids is 1. The van der Waals surface area contributed by atoms with E-state index in [9.17, 15) is 4.79 Å². The molecule has 0 amide bonds. The Bertz CT molecular complexity index is 327. The maximum absolute atomic E-state index is 10.9. The van der Waals surface area contributed by atoms with Gasteiger partial charge in [0, 0.05) is 0 Å². The molecule has 1 aromatic rings. The van der Waals surface area contributed by atoms with Crippen molar-refractivity contribution < 1.29 is 9.90 Å². The number of thioether (sulfide) groups is 1. The van der Waals surface area contributed by atoms with Gasteiger partial charge in [0.25, 0.3) is 0 Å². The molecule has 0 saturated carbocycles. The Morgan fingerprint density at radius 2 is 2.40 bits per heavy atom. The van der Waals surface area contributed by atoms with Crippen molar-refractivity contribution in [2.75, 3.05) is 0 Å². The topological polar surface area (TPSA) is 78.9 Å². The van der Waals surface area contributed by atoms with Crippen molar-refractivity contribution in [3.8, 4) is 0 Å². The zero-order chi connectivity index (χ0) is 11.3. The molecule has 1 atom stereocenters. The van der Waals surface area contributed by atoms with Gasteiger partial charge in [-0.3, -0.25) is 9.89 Å². The Labute approximate surface area is 92.7 Å². The first-order valence-corrected chi connectivity index (χ1v) is 5.80. The van der Waals surface area contributed by atoms with Gasteiger partial charge >= 0.3 is 5.97 Å². The Balaban J connectivity index is 2.54. The van der Waals surface area contributed by atoms with Gasteiger partial charge in [0.15, 0.2) is 0 Å². The van der Waals surface area contributed by atoms with E-state index in [1.165, 1.54) is 11.8 Å². The zero-order valence-corrected chi connectivity index (χ0v) is 9.67. The van der Waals surface area contributed by atoms with Crippen molar-refractivity contribution in [1.82, 2.24) is 15.2 Å². The number of carboxylic acid groups (broad SMARTS) is 1. The van der Waals surface area contributed by atoms with Crippen LogP contribution >= 0.6 is 11.8 Å². The number of aromatic nitrogens is 3. The third-order valence-corrected chi connectivity index (χ3v) is 3.03. The van der Waals surface area contributed by atoms with Crippen molar-refractivity contribution in [3.63, 3.8) is 0 Å². The minimum atomic E-state index is -0.795. The molecule has 84 valence electrons. The normalized spacial score (nSPS) is 12.7. The number of nitrogens with one attached hydrogen (secondary N) is 1. The first-order chi connectivity index (χ1) is 7.13. The molecule has 0 radical (unpaired) electrons. The van der Waals surface area contributed by atoms with E-state index in [2.05, 4.69) is 15.2 Å². The van der Waals surface area contributed by atoms with Crippen LogP contribution in [0.5, 0.6) is 0 Å². The fourth-order valence-electron chi connectivity index (χ4n) is 1.12. The summed E-state index contributed by atoms with van der Waals surface area (Å²) in [6.45, 7) is 3.83. The number of hydrogen-bond acceptors (Lipinski definition) is 4. The average Bonchev–Trinajstić information content (AvgIpc) is 2.58. The van der Waals surface area contributed by atoms with E-state index in [1.54, 1.807) is 6.92 Å². The van der Waals surface area contributed by atoms with Crippen LogP contribution in [0.3, 0.4) is 0 Å². The third-order valence-electron chi connectivity index (χ3n) is 1.92. The maximum Gasteiger partial charge on any atom is 0.317 e. The highest BCUT2D eigenvalue weighted by atomic mass is 32.2. The van der Waals surface area contributed by atoms with Gasteiger partial charge in [-0.05, 0) is 13.3 Å². The van der Waals surface area contributed by atoms with Crippen LogP contribution in [0, 0.1) is 6.92 Å². The van der Waals surface area contributed by atoms with Crippen LogP contribution in [0.1, 0.15) is 32.0 Å². The van der Waals surface area contributed by atoms with E-state index in [4.69, 9.17) is 5.11 Å². The monoisotopic (exact) mass is 229 g/mol. The maximum atomic E-state index is 10.9. The molecule has 0 aliphatic heterocycles. The van der Waals surface area contributed by atoms with Crippen molar-refractivity contribution >= 4 is 17.7 Å². The summed E-state index contributed by atoms with van der Waals surface area (Å²) < 4.78 is 0. The van der Waals surface area contributed by atoms with Crippen molar-refractivity contribution in [2.24, 2.45) is 0 Å². The number of unbranched alkanes of at least 4 members (excludes halogenated alkanes) is 1. The van der Waals surface area contributed by atoms with Gasteiger partial charge in [-0.25, -0.2) is 4.98 Å². The molecule has 6 heteroatoms. The summed E-state index contributed by atoms with van der Waals surface area (Å²) in [6.07, 6.45) is 2.56. The Kier molecular flexibility index (Phi) is 4.61. The van der Waals surface area contributed by atoms with E-state index in [0.29, 0.717) is 17.4 Å². The van der Waals surface area contributed by atoms with Crippen LogP contribution in [0.4, 0.5) is 0 Å². The summed E-state index contributed by atoms with van der Waals surface area (Å²) in [5.74, 6) is -0.0898. The molecular weight excluding hydrogens is 214 g/mol. The van der Waals surface area contributed by atoms with Crippen LogP contribution in [0.15, 0.2) is 5.16 Å². The first-order valence-electron chi connectivity index (χ1n) is 4.92. The predicted molar refractivity (Wildman–Crippen MR) is 57.9 cm³/mol. The molecular formula is C9H15N3O2S. The summed E-state index contributed by atoms with van der Waals surface area (Å²) >= 11 is 1.20. The molecule has 0 aliphatic rings. The number of carboxylic acids is 1. The van der Waals surface area contributed by atoms with Crippen LogP contribution in [-0.2, 0) is 4.79 Å². The lowest BCUT2D eigenvalue weighted by Gasteiger charge is -2.07. The molecule has 0 spiro atoms. The summed E-state index contributed by atoms with van der Waals surface area (Å²) in [4.78, 5) is 15.0. The second-order valence-electron chi connectivity index (χ2n) is 3.29. The van der Waals surface area contributed by atoms with Crippen molar-refractivity contribution in [1.29, 1.82) is 0 Å². The minimum absolute atomic E-state index is 0.444. The fraction of sp³-hybridized carbons (Fsp3) is 0.667. The molecule has 0 saturated heterocycles. The SMILES string of the molecule is CCCCC(Sc1n[nH]c(C)n1)C(=O)O. The van der Waals surface area contributed by atoms with Crippen LogP contribution in [-0.4, -0.2) is 31.5 Å². The van der Waals surface area contributed by atoms with Crippen molar-refractivity contribution in [2.45, 2.75) is 43.5 Å². The number of H-pyrrole nitrogens is 1. The molecule has 1 aromatic heterocycles. The van der Waals surface area contributed by atoms with Gasteiger partial charge in [0.05, 0.1) is 0 Å². The molecule has 15 heavy (non-hydrogen) atoms. The van der Waals surface area contributed by atoms with Crippen molar-refractivity contribution in [3.05, 3.63) is 5.82 Å². The highest BCUT2D eigenvalue weighted by Crippen LogP contribution is 2.23. The van der Waals surface area contributed by atoms with Gasteiger partial charge in [-0.2, -0.15) is 0 Å². The highest BCUT2D eigenvalue weighted by molar-refractivity contribution is 8.00. The summed E-state index contributed by atoms with van der Waals surface area (Å²) in [5.41, 5.74) is 0. The number of aromatic amines is 1. The molecule has 0 fully saturated rings. The highest BCUT2D eigenvalue weighted by Gasteiger charge is 2.20. The second-order valence-corrected chi connectivity index (χ2v) is 4.46. The lowest BCUT2D eigenvalue weighted by molar-refractivity contribution is -0.136. The number of rotatable bonds is 6. The van der Waals surface area contributed by atoms with E-state index in [0.717, 1.165) is 12.8 Å².